The van der Waals surface area contributed by atoms with Gasteiger partial charge in [-0.2, -0.15) is 5.10 Å². The topological polar surface area (TPSA) is 93.0 Å². The number of nitrogens with zero attached hydrogens (tertiary/aromatic N) is 5. The monoisotopic (exact) mass is 316 g/mol. The van der Waals surface area contributed by atoms with Crippen molar-refractivity contribution >= 4 is 21.9 Å². The third-order valence-corrected chi connectivity index (χ3v) is 4.60. The fourth-order valence-corrected chi connectivity index (χ4v) is 3.43. The van der Waals surface area contributed by atoms with Gasteiger partial charge in [-0.3, -0.25) is 14.4 Å². The molecule has 2 aromatic rings. The molecule has 22 heavy (non-hydrogen) atoms. The molecule has 0 spiro atoms. The molecule has 4 rings (SSSR count). The molecule has 0 aliphatic carbocycles. The summed E-state index contributed by atoms with van der Waals surface area (Å²) in [6, 6.07) is 0. The Morgan fingerprint density at radius 2 is 2.09 bits per heavy atom. The van der Waals surface area contributed by atoms with Crippen LogP contribution in [0.15, 0.2) is 31.0 Å². The van der Waals surface area contributed by atoms with Crippen LogP contribution >= 0.6 is 0 Å². The average Bonchev–Trinajstić information content (AvgIpc) is 3.12. The lowest BCUT2D eigenvalue weighted by atomic mass is 10.3. The number of nitrogens with one attached hydrogen (secondary N) is 1. The maximum absolute atomic E-state index is 11.7. The quantitative estimate of drug-likeness (QED) is 0.841. The van der Waals surface area contributed by atoms with Crippen molar-refractivity contribution < 1.29 is 9.00 Å². The molecule has 9 heteroatoms. The number of carbonyl (C=O) groups is 1. The third-order valence-electron chi connectivity index (χ3n) is 3.53. The maximum atomic E-state index is 11.7. The zero-order valence-electron chi connectivity index (χ0n) is 11.5. The summed E-state index contributed by atoms with van der Waals surface area (Å²) in [6.07, 6.45) is 8.26. The lowest BCUT2D eigenvalue weighted by Crippen LogP contribution is -2.18. The Balaban J connectivity index is 1.50. The zero-order chi connectivity index (χ0) is 15.1. The first-order valence-electron chi connectivity index (χ1n) is 6.67. The van der Waals surface area contributed by atoms with E-state index in [2.05, 4.69) is 24.7 Å². The molecular weight excluding hydrogens is 304 g/mol. The lowest BCUT2D eigenvalue weighted by Gasteiger charge is -2.14. The van der Waals surface area contributed by atoms with E-state index in [0.29, 0.717) is 11.6 Å². The Hall–Kier alpha value is -2.39. The van der Waals surface area contributed by atoms with E-state index in [9.17, 15) is 9.00 Å². The van der Waals surface area contributed by atoms with Crippen LogP contribution in [0.25, 0.3) is 5.03 Å². The summed E-state index contributed by atoms with van der Waals surface area (Å²) < 4.78 is 15.6. The van der Waals surface area contributed by atoms with Crippen LogP contribution in [0.3, 0.4) is 0 Å². The van der Waals surface area contributed by atoms with Crippen LogP contribution in [-0.2, 0) is 35.4 Å². The van der Waals surface area contributed by atoms with E-state index in [1.165, 1.54) is 17.1 Å². The predicted octanol–water partition coefficient (Wildman–Crippen LogP) is -0.219. The largest absolute Gasteiger partial charge is 0.289 e. The van der Waals surface area contributed by atoms with Gasteiger partial charge in [0.25, 0.3) is 5.91 Å². The Bertz CT molecular complexity index is 777. The van der Waals surface area contributed by atoms with Gasteiger partial charge in [0.2, 0.25) is 0 Å². The van der Waals surface area contributed by atoms with E-state index in [0.717, 1.165) is 29.9 Å². The van der Waals surface area contributed by atoms with Crippen LogP contribution in [0, 0.1) is 0 Å². The summed E-state index contributed by atoms with van der Waals surface area (Å²) in [5.41, 5.74) is 3.07. The Kier molecular flexibility index (Phi) is 3.09. The maximum Gasteiger partial charge on any atom is 0.258 e. The van der Waals surface area contributed by atoms with Crippen LogP contribution in [0.5, 0.6) is 0 Å². The number of rotatable bonds is 3. The summed E-state index contributed by atoms with van der Waals surface area (Å²) >= 11 is 0. The van der Waals surface area contributed by atoms with E-state index >= 15 is 0 Å². The van der Waals surface area contributed by atoms with Gasteiger partial charge in [-0.1, -0.05) is 0 Å². The first-order valence-corrected chi connectivity index (χ1v) is 7.82. The van der Waals surface area contributed by atoms with Crippen molar-refractivity contribution in [2.24, 2.45) is 0 Å². The van der Waals surface area contributed by atoms with Crippen LogP contribution < -0.4 is 4.72 Å². The summed E-state index contributed by atoms with van der Waals surface area (Å²) in [6.45, 7) is 2.22. The zero-order valence-corrected chi connectivity index (χ0v) is 12.3. The highest BCUT2D eigenvalue weighted by atomic mass is 32.2. The first-order chi connectivity index (χ1) is 10.7. The van der Waals surface area contributed by atoms with Gasteiger partial charge >= 0.3 is 0 Å². The molecule has 2 aliphatic heterocycles. The predicted molar refractivity (Wildman–Crippen MR) is 77.8 cm³/mol. The second-order valence-corrected chi connectivity index (χ2v) is 6.31. The number of aromatic nitrogens is 4. The molecule has 112 valence electrons. The van der Waals surface area contributed by atoms with Gasteiger partial charge < -0.3 is 0 Å². The van der Waals surface area contributed by atoms with Gasteiger partial charge in [-0.25, -0.2) is 18.9 Å². The van der Waals surface area contributed by atoms with Crippen molar-refractivity contribution in [2.75, 3.05) is 0 Å². The van der Waals surface area contributed by atoms with Crippen LogP contribution in [-0.4, -0.2) is 34.8 Å². The highest BCUT2D eigenvalue weighted by Crippen LogP contribution is 2.25. The van der Waals surface area contributed by atoms with Gasteiger partial charge in [0.05, 0.1) is 5.69 Å². The first kappa shape index (κ1) is 13.3. The molecule has 1 atom stereocenters. The SMILES string of the molecule is O=C1C=C(n2cc3c(n2)CN(Cc2cncnc2)C3)S(=O)N1. The average molecular weight is 316 g/mol. The fourth-order valence-electron chi connectivity index (χ4n) is 2.60. The minimum Gasteiger partial charge on any atom is -0.289 e. The minimum absolute atomic E-state index is 0.352. The highest BCUT2D eigenvalue weighted by molar-refractivity contribution is 7.93. The summed E-state index contributed by atoms with van der Waals surface area (Å²) in [5, 5.41) is 4.82. The van der Waals surface area contributed by atoms with Gasteiger partial charge in [-0.15, -0.1) is 0 Å². The smallest absolute Gasteiger partial charge is 0.258 e. The number of carbonyl (C=O) groups excluding carboxylic acids is 1. The van der Waals surface area contributed by atoms with E-state index in [1.54, 1.807) is 12.4 Å². The molecule has 2 aromatic heterocycles. The van der Waals surface area contributed by atoms with Crippen LogP contribution in [0.4, 0.5) is 0 Å². The third kappa shape index (κ3) is 2.34. The second kappa shape index (κ2) is 5.11. The van der Waals surface area contributed by atoms with Crippen molar-refractivity contribution in [3.63, 3.8) is 0 Å². The Morgan fingerprint density at radius 1 is 1.27 bits per heavy atom. The lowest BCUT2D eigenvalue weighted by molar-refractivity contribution is -0.114. The summed E-state index contributed by atoms with van der Waals surface area (Å²) in [4.78, 5) is 21.5. The van der Waals surface area contributed by atoms with Crippen LogP contribution in [0.2, 0.25) is 0 Å². The number of hydrogen-bond acceptors (Lipinski definition) is 6. The summed E-state index contributed by atoms with van der Waals surface area (Å²) in [7, 11) is -1.52. The molecule has 1 amide bonds. The molecule has 1 N–H and O–H groups in total. The van der Waals surface area contributed by atoms with Crippen molar-refractivity contribution in [1.29, 1.82) is 0 Å². The van der Waals surface area contributed by atoms with Gasteiger partial charge in [0, 0.05) is 55.4 Å². The molecule has 0 saturated heterocycles. The van der Waals surface area contributed by atoms with E-state index in [1.807, 2.05) is 6.20 Å². The molecule has 0 saturated carbocycles. The molecule has 0 bridgehead atoms. The van der Waals surface area contributed by atoms with Crippen molar-refractivity contribution in [3.8, 4) is 0 Å². The molecule has 0 aromatic carbocycles. The molecular formula is C13H12N6O2S. The molecule has 0 radical (unpaired) electrons. The van der Waals surface area contributed by atoms with Gasteiger partial charge in [0.15, 0.2) is 16.0 Å². The van der Waals surface area contributed by atoms with Crippen molar-refractivity contribution in [1.82, 2.24) is 29.4 Å². The molecule has 0 fully saturated rings. The molecule has 1 unspecified atom stereocenters. The molecule has 8 nitrogen and oxygen atoms in total. The highest BCUT2D eigenvalue weighted by Gasteiger charge is 2.27. The molecule has 2 aliphatic rings. The van der Waals surface area contributed by atoms with E-state index in [4.69, 9.17) is 0 Å². The van der Waals surface area contributed by atoms with Gasteiger partial charge in [-0.05, 0) is 0 Å². The summed E-state index contributed by atoms with van der Waals surface area (Å²) in [5.74, 6) is -0.352. The number of fused-ring (bicyclic) bond motifs is 1. The number of hydrogen-bond donors (Lipinski definition) is 1. The Morgan fingerprint density at radius 3 is 2.77 bits per heavy atom. The Labute approximate surface area is 128 Å². The normalized spacial score (nSPS) is 20.8. The number of amides is 1. The minimum atomic E-state index is -1.52. The second-order valence-electron chi connectivity index (χ2n) is 5.16. The van der Waals surface area contributed by atoms with Crippen molar-refractivity contribution in [2.45, 2.75) is 19.6 Å². The van der Waals surface area contributed by atoms with Gasteiger partial charge in [0.1, 0.15) is 6.33 Å². The van der Waals surface area contributed by atoms with E-state index in [-0.39, 0.29) is 5.91 Å². The van der Waals surface area contributed by atoms with Crippen molar-refractivity contribution in [3.05, 3.63) is 47.8 Å². The molecule has 4 heterocycles. The fraction of sp³-hybridized carbons (Fsp3) is 0.231. The van der Waals surface area contributed by atoms with E-state index < -0.39 is 11.0 Å². The van der Waals surface area contributed by atoms with Crippen LogP contribution in [0.1, 0.15) is 16.8 Å². The standard InChI is InChI=1S/C13H12N6O2S/c20-12-1-13(22(21)17-12)19-6-10-5-18(7-11(10)16-19)4-9-2-14-8-15-3-9/h1-3,6,8H,4-5,7H2,(H,17,20).